The number of aromatic amines is 1. The van der Waals surface area contributed by atoms with Gasteiger partial charge >= 0.3 is 5.97 Å². The summed E-state index contributed by atoms with van der Waals surface area (Å²) in [7, 11) is 0. The highest BCUT2D eigenvalue weighted by molar-refractivity contribution is 6.31. The van der Waals surface area contributed by atoms with Crippen LogP contribution in [0, 0.1) is 0 Å². The fourth-order valence-electron chi connectivity index (χ4n) is 2.72. The van der Waals surface area contributed by atoms with E-state index in [0.29, 0.717) is 17.0 Å². The van der Waals surface area contributed by atoms with Gasteiger partial charge in [0, 0.05) is 17.4 Å². The van der Waals surface area contributed by atoms with Crippen LogP contribution in [0.1, 0.15) is 15.9 Å². The summed E-state index contributed by atoms with van der Waals surface area (Å²) < 4.78 is 1.56. The second-order valence-electron chi connectivity index (χ2n) is 5.77. The van der Waals surface area contributed by atoms with Crippen molar-refractivity contribution in [3.8, 4) is 11.5 Å². The Bertz CT molecular complexity index is 1230. The zero-order chi connectivity index (χ0) is 19.0. The van der Waals surface area contributed by atoms with Gasteiger partial charge in [-0.25, -0.2) is 9.78 Å². The van der Waals surface area contributed by atoms with Gasteiger partial charge < -0.3 is 10.1 Å². The lowest BCUT2D eigenvalue weighted by molar-refractivity contribution is 0.0697. The van der Waals surface area contributed by atoms with E-state index in [2.05, 4.69) is 20.1 Å². The first-order valence-corrected chi connectivity index (χ1v) is 8.30. The number of H-pyrrole nitrogens is 1. The molecule has 2 N–H and O–H groups in total. The number of pyridine rings is 1. The molecule has 0 radical (unpaired) electrons. The first-order valence-electron chi connectivity index (χ1n) is 7.92. The number of benzene rings is 1. The molecule has 0 atom stereocenters. The number of aromatic nitrogens is 5. The fraction of sp³-hybridized carbons (Fsp3) is 0.0556. The molecule has 134 valence electrons. The van der Waals surface area contributed by atoms with E-state index >= 15 is 0 Å². The van der Waals surface area contributed by atoms with Gasteiger partial charge in [0.2, 0.25) is 0 Å². The van der Waals surface area contributed by atoms with Crippen LogP contribution < -0.4 is 5.56 Å². The smallest absolute Gasteiger partial charge is 0.338 e. The summed E-state index contributed by atoms with van der Waals surface area (Å²) in [6.45, 7) is 0.370. The van der Waals surface area contributed by atoms with Crippen LogP contribution in [-0.4, -0.2) is 35.8 Å². The normalized spacial score (nSPS) is 11.0. The Kier molecular flexibility index (Phi) is 4.17. The number of nitrogens with zero attached hydrogens (tertiary/aromatic N) is 4. The standard InChI is InChI=1S/C18H12ClN5O3/c19-13-6-2-1-4-10(13)8-24-9-12-15(23-24)21-16(22-17(12)25)14-11(18(26)27)5-3-7-20-14/h1-7,9H,8H2,(H,26,27)(H,21,22,23,25). The Balaban J connectivity index is 1.80. The van der Waals surface area contributed by atoms with Gasteiger partial charge in [-0.05, 0) is 23.8 Å². The lowest BCUT2D eigenvalue weighted by Gasteiger charge is -2.03. The number of carboxylic acid groups (broad SMARTS) is 1. The predicted octanol–water partition coefficient (Wildman–Crippen LogP) is 2.58. The SMILES string of the molecule is O=C(O)c1cccnc1-c1nc2nn(Cc3ccccc3Cl)cc2c(=O)[nH]1. The maximum Gasteiger partial charge on any atom is 0.338 e. The van der Waals surface area contributed by atoms with E-state index in [1.54, 1.807) is 16.9 Å². The Morgan fingerprint density at radius 2 is 2.04 bits per heavy atom. The van der Waals surface area contributed by atoms with Gasteiger partial charge in [0.15, 0.2) is 11.5 Å². The Morgan fingerprint density at radius 3 is 2.81 bits per heavy atom. The summed E-state index contributed by atoms with van der Waals surface area (Å²) in [5, 5.41) is 14.5. The quantitative estimate of drug-likeness (QED) is 0.561. The van der Waals surface area contributed by atoms with Crippen molar-refractivity contribution in [3.63, 3.8) is 0 Å². The van der Waals surface area contributed by atoms with Crippen LogP contribution in [0.5, 0.6) is 0 Å². The number of carbonyl (C=O) groups is 1. The number of carboxylic acids is 1. The van der Waals surface area contributed by atoms with Crippen molar-refractivity contribution in [1.29, 1.82) is 0 Å². The summed E-state index contributed by atoms with van der Waals surface area (Å²) in [6.07, 6.45) is 3.01. The number of hydrogen-bond acceptors (Lipinski definition) is 5. The van der Waals surface area contributed by atoms with E-state index in [1.807, 2.05) is 18.2 Å². The molecule has 0 aliphatic carbocycles. The highest BCUT2D eigenvalue weighted by atomic mass is 35.5. The summed E-state index contributed by atoms with van der Waals surface area (Å²) in [5.41, 5.74) is 0.631. The van der Waals surface area contributed by atoms with Crippen molar-refractivity contribution in [2.75, 3.05) is 0 Å². The molecular formula is C18H12ClN5O3. The molecule has 0 aliphatic heterocycles. The van der Waals surface area contributed by atoms with Gasteiger partial charge in [-0.1, -0.05) is 29.8 Å². The van der Waals surface area contributed by atoms with Gasteiger partial charge in [-0.15, -0.1) is 0 Å². The second kappa shape index (κ2) is 6.65. The van der Waals surface area contributed by atoms with Crippen molar-refractivity contribution in [2.24, 2.45) is 0 Å². The van der Waals surface area contributed by atoms with Crippen molar-refractivity contribution < 1.29 is 9.90 Å². The van der Waals surface area contributed by atoms with E-state index in [1.165, 1.54) is 18.3 Å². The Labute approximate surface area is 157 Å². The number of hydrogen-bond donors (Lipinski definition) is 2. The molecule has 4 rings (SSSR count). The highest BCUT2D eigenvalue weighted by Gasteiger charge is 2.17. The van der Waals surface area contributed by atoms with Crippen molar-refractivity contribution in [3.05, 3.63) is 75.3 Å². The molecule has 0 saturated carbocycles. The van der Waals surface area contributed by atoms with E-state index in [9.17, 15) is 14.7 Å². The minimum Gasteiger partial charge on any atom is -0.478 e. The largest absolute Gasteiger partial charge is 0.478 e. The van der Waals surface area contributed by atoms with Crippen LogP contribution in [0.25, 0.3) is 22.6 Å². The summed E-state index contributed by atoms with van der Waals surface area (Å²) in [4.78, 5) is 34.7. The average molecular weight is 382 g/mol. The summed E-state index contributed by atoms with van der Waals surface area (Å²) in [5.74, 6) is -1.11. The third-order valence-corrected chi connectivity index (χ3v) is 4.36. The molecular weight excluding hydrogens is 370 g/mol. The molecule has 0 saturated heterocycles. The number of nitrogens with one attached hydrogen (secondary N) is 1. The Morgan fingerprint density at radius 1 is 1.22 bits per heavy atom. The zero-order valence-corrected chi connectivity index (χ0v) is 14.5. The summed E-state index contributed by atoms with van der Waals surface area (Å²) >= 11 is 6.17. The number of rotatable bonds is 4. The fourth-order valence-corrected chi connectivity index (χ4v) is 2.92. The van der Waals surface area contributed by atoms with Gasteiger partial charge in [0.1, 0.15) is 11.1 Å². The maximum atomic E-state index is 12.4. The van der Waals surface area contributed by atoms with Gasteiger partial charge in [0.05, 0.1) is 12.1 Å². The van der Waals surface area contributed by atoms with Crippen LogP contribution in [0.2, 0.25) is 5.02 Å². The molecule has 0 unspecified atom stereocenters. The van der Waals surface area contributed by atoms with Crippen LogP contribution >= 0.6 is 11.6 Å². The molecule has 3 aromatic heterocycles. The van der Waals surface area contributed by atoms with Crippen LogP contribution in [0.3, 0.4) is 0 Å². The van der Waals surface area contributed by atoms with Crippen molar-refractivity contribution in [2.45, 2.75) is 6.54 Å². The average Bonchev–Trinajstić information content (AvgIpc) is 3.07. The molecule has 3 heterocycles. The van der Waals surface area contributed by atoms with Gasteiger partial charge in [-0.3, -0.25) is 14.5 Å². The topological polar surface area (TPSA) is 114 Å². The third kappa shape index (κ3) is 3.18. The first-order chi connectivity index (χ1) is 13.0. The minimum atomic E-state index is -1.16. The number of aromatic carboxylic acids is 1. The first kappa shape index (κ1) is 16.9. The molecule has 0 fully saturated rings. The Hall–Kier alpha value is -3.52. The van der Waals surface area contributed by atoms with E-state index < -0.39 is 11.5 Å². The van der Waals surface area contributed by atoms with E-state index in [-0.39, 0.29) is 22.7 Å². The lowest BCUT2D eigenvalue weighted by atomic mass is 10.2. The molecule has 8 nitrogen and oxygen atoms in total. The monoisotopic (exact) mass is 381 g/mol. The number of fused-ring (bicyclic) bond motifs is 1. The molecule has 4 aromatic rings. The third-order valence-electron chi connectivity index (χ3n) is 3.99. The van der Waals surface area contributed by atoms with E-state index in [0.717, 1.165) is 5.56 Å². The van der Waals surface area contributed by atoms with Crippen LogP contribution in [-0.2, 0) is 6.54 Å². The van der Waals surface area contributed by atoms with Crippen molar-refractivity contribution >= 4 is 28.6 Å². The van der Waals surface area contributed by atoms with Gasteiger partial charge in [-0.2, -0.15) is 5.10 Å². The molecule has 9 heteroatoms. The van der Waals surface area contributed by atoms with Crippen molar-refractivity contribution in [1.82, 2.24) is 24.7 Å². The summed E-state index contributed by atoms with van der Waals surface area (Å²) in [6, 6.07) is 10.2. The predicted molar refractivity (Wildman–Crippen MR) is 98.9 cm³/mol. The molecule has 0 spiro atoms. The van der Waals surface area contributed by atoms with Gasteiger partial charge in [0.25, 0.3) is 5.56 Å². The molecule has 1 aromatic carbocycles. The lowest BCUT2D eigenvalue weighted by Crippen LogP contribution is -2.11. The zero-order valence-electron chi connectivity index (χ0n) is 13.8. The highest BCUT2D eigenvalue weighted by Crippen LogP contribution is 2.19. The maximum absolute atomic E-state index is 12.4. The molecule has 0 bridgehead atoms. The minimum absolute atomic E-state index is 0.0495. The number of halogens is 1. The van der Waals surface area contributed by atoms with Crippen LogP contribution in [0.4, 0.5) is 0 Å². The molecule has 0 amide bonds. The van der Waals surface area contributed by atoms with Crippen LogP contribution in [0.15, 0.2) is 53.6 Å². The molecule has 27 heavy (non-hydrogen) atoms. The second-order valence-corrected chi connectivity index (χ2v) is 6.18. The molecule has 0 aliphatic rings. The van der Waals surface area contributed by atoms with E-state index in [4.69, 9.17) is 11.6 Å².